The zero-order chi connectivity index (χ0) is 43.0. The van der Waals surface area contributed by atoms with E-state index in [0.29, 0.717) is 11.5 Å². The predicted molar refractivity (Wildman–Crippen MR) is 224 cm³/mol. The van der Waals surface area contributed by atoms with Gasteiger partial charge in [-0.05, 0) is 93.5 Å². The minimum atomic E-state index is -4.36. The molecule has 4 fully saturated rings. The number of carbonyl (C=O) groups is 3. The second-order valence-electron chi connectivity index (χ2n) is 17.2. The van der Waals surface area contributed by atoms with E-state index < -0.39 is 58.3 Å². The highest BCUT2D eigenvalue weighted by molar-refractivity contribution is 7.89. The zero-order valence-corrected chi connectivity index (χ0v) is 36.2. The fourth-order valence-corrected chi connectivity index (χ4v) is 10.4. The van der Waals surface area contributed by atoms with Crippen molar-refractivity contribution in [1.82, 2.24) is 20.0 Å². The van der Waals surface area contributed by atoms with Crippen molar-refractivity contribution < 1.29 is 46.3 Å². The fraction of sp³-hybridized carbons (Fsp3) is 0.452. The van der Waals surface area contributed by atoms with Gasteiger partial charge in [0.15, 0.2) is 5.13 Å². The number of ether oxygens (including phenoxy) is 3. The number of para-hydroxylation sites is 1. The summed E-state index contributed by atoms with van der Waals surface area (Å²) >= 11 is 0.984. The van der Waals surface area contributed by atoms with Crippen LogP contribution in [0.1, 0.15) is 87.6 Å². The Morgan fingerprint density at radius 1 is 1.03 bits per heavy atom. The van der Waals surface area contributed by atoms with Crippen LogP contribution in [0.3, 0.4) is 0 Å². The zero-order valence-electron chi connectivity index (χ0n) is 34.6. The van der Waals surface area contributed by atoms with Gasteiger partial charge in [-0.3, -0.25) is 15.1 Å². The second kappa shape index (κ2) is 16.9. The maximum Gasteiger partial charge on any atom is 0.482 e. The molecule has 15 nitrogen and oxygen atoms in total. The molecule has 0 radical (unpaired) electrons. The van der Waals surface area contributed by atoms with Crippen LogP contribution in [0.2, 0.25) is 0 Å². The van der Waals surface area contributed by atoms with Gasteiger partial charge in [0.25, 0.3) is 0 Å². The summed E-state index contributed by atoms with van der Waals surface area (Å²) in [6.07, 6.45) is 3.39. The molecule has 60 heavy (non-hydrogen) atoms. The minimum Gasteiger partial charge on any atom is -0.496 e. The lowest BCUT2D eigenvalue weighted by Gasteiger charge is -2.64. The summed E-state index contributed by atoms with van der Waals surface area (Å²) in [6.45, 7) is 11.9. The second-order valence-corrected chi connectivity index (χ2v) is 19.7. The highest BCUT2D eigenvalue weighted by Crippen LogP contribution is 2.65. The van der Waals surface area contributed by atoms with Crippen LogP contribution in [-0.2, 0) is 46.6 Å². The molecule has 318 valence electrons. The van der Waals surface area contributed by atoms with Crippen LogP contribution in [0, 0.1) is 17.3 Å². The molecule has 0 spiro atoms. The summed E-state index contributed by atoms with van der Waals surface area (Å²) in [4.78, 5) is 49.1. The molecule has 4 aliphatic rings. The molecule has 2 aromatic carbocycles. The molecule has 8 rings (SSSR count). The molecule has 2 amide bonds. The van der Waals surface area contributed by atoms with E-state index in [2.05, 4.69) is 46.1 Å². The van der Waals surface area contributed by atoms with E-state index in [0.717, 1.165) is 35.9 Å². The van der Waals surface area contributed by atoms with E-state index >= 15 is 0 Å². The van der Waals surface area contributed by atoms with E-state index in [-0.39, 0.29) is 57.5 Å². The van der Waals surface area contributed by atoms with Gasteiger partial charge in [-0.25, -0.2) is 23.0 Å². The Bertz CT molecular complexity index is 2330. The van der Waals surface area contributed by atoms with Crippen LogP contribution in [0.15, 0.2) is 83.3 Å². The van der Waals surface area contributed by atoms with Crippen molar-refractivity contribution in [3.8, 4) is 5.75 Å². The molecule has 1 saturated heterocycles. The first-order valence-corrected chi connectivity index (χ1v) is 22.1. The van der Waals surface area contributed by atoms with Gasteiger partial charge in [0.2, 0.25) is 15.9 Å². The molecular formula is C42H50BN5O10S2. The molecule has 3 heterocycles. The third kappa shape index (κ3) is 9.07. The Balaban J connectivity index is 1.20. The number of nitrogens with zero attached hydrogens (tertiary/aromatic N) is 2. The van der Waals surface area contributed by atoms with Crippen LogP contribution >= 0.6 is 11.3 Å². The van der Waals surface area contributed by atoms with Gasteiger partial charge in [0.05, 0.1) is 30.4 Å². The normalized spacial score (nSPS) is 22.7. The van der Waals surface area contributed by atoms with E-state index in [4.69, 9.17) is 23.5 Å². The number of aromatic nitrogens is 2. The van der Waals surface area contributed by atoms with E-state index in [1.54, 1.807) is 39.0 Å². The van der Waals surface area contributed by atoms with E-state index in [1.807, 2.05) is 30.3 Å². The Labute approximate surface area is 354 Å². The lowest BCUT2D eigenvalue weighted by Crippen LogP contribution is -2.65. The Hall–Kier alpha value is -4.88. The Kier molecular flexibility index (Phi) is 12.2. The van der Waals surface area contributed by atoms with E-state index in [9.17, 15) is 22.8 Å². The third-order valence-corrected chi connectivity index (χ3v) is 13.9. The van der Waals surface area contributed by atoms with Crippen LogP contribution in [0.5, 0.6) is 5.75 Å². The van der Waals surface area contributed by atoms with Gasteiger partial charge in [-0.1, -0.05) is 56.3 Å². The van der Waals surface area contributed by atoms with Crippen LogP contribution < -0.4 is 20.1 Å². The van der Waals surface area contributed by atoms with Crippen LogP contribution in [-0.4, -0.2) is 73.8 Å². The van der Waals surface area contributed by atoms with Gasteiger partial charge in [0.1, 0.15) is 34.5 Å². The van der Waals surface area contributed by atoms with E-state index in [1.165, 1.54) is 30.8 Å². The quantitative estimate of drug-likeness (QED) is 0.0953. The minimum absolute atomic E-state index is 0.00281. The van der Waals surface area contributed by atoms with Gasteiger partial charge in [-0.2, -0.15) is 4.72 Å². The first kappa shape index (κ1) is 43.2. The number of carbonyl (C=O) groups excluding carboxylic acids is 3. The molecule has 3 unspecified atom stereocenters. The summed E-state index contributed by atoms with van der Waals surface area (Å²) in [7, 11) is -3.89. The number of sulfonamides is 1. The SMILES string of the molecule is COc1c(CC(NC(=O)C(NS(=O)(=O)c2cccnc2)c2csc(NC(=O)OCc3ccccc3)n2)B2OC3C[C@H]4C[C@@H](C4(C)C)[C@]3(C)O2)cccc1C(=O)OC(C)(C)C. The number of rotatable bonds is 14. The molecular weight excluding hydrogens is 809 g/mol. The molecule has 2 aromatic heterocycles. The molecule has 3 aliphatic carbocycles. The number of pyridine rings is 1. The first-order valence-electron chi connectivity index (χ1n) is 19.8. The smallest absolute Gasteiger partial charge is 0.482 e. The molecule has 3 N–H and O–H groups in total. The fourth-order valence-electron chi connectivity index (χ4n) is 8.57. The molecule has 2 bridgehead atoms. The van der Waals surface area contributed by atoms with Crippen molar-refractivity contribution in [2.75, 3.05) is 12.4 Å². The van der Waals surface area contributed by atoms with Crippen LogP contribution in [0.4, 0.5) is 9.93 Å². The van der Waals surface area contributed by atoms with Gasteiger partial charge < -0.3 is 28.8 Å². The van der Waals surface area contributed by atoms with Crippen molar-refractivity contribution in [2.24, 2.45) is 17.3 Å². The third-order valence-electron chi connectivity index (χ3n) is 11.7. The van der Waals surface area contributed by atoms with Gasteiger partial charge in [-0.15, -0.1) is 11.3 Å². The summed E-state index contributed by atoms with van der Waals surface area (Å²) in [6, 6.07) is 15.4. The molecule has 18 heteroatoms. The number of thiazole rings is 1. The molecule has 6 atom stereocenters. The molecule has 4 aromatic rings. The number of hydrogen-bond donors (Lipinski definition) is 3. The topological polar surface area (TPSA) is 193 Å². The van der Waals surface area contributed by atoms with Crippen molar-refractivity contribution in [1.29, 1.82) is 0 Å². The monoisotopic (exact) mass is 859 g/mol. The standard InChI is InChI=1S/C42H50BN5O10S2/c1-40(2,3)56-37(50)29-17-11-15-26(35(29)54-7)19-33(43-57-32-21-27-20-31(41(27,4)5)42(32,6)58-43)46-36(49)34(48-60(52,53)28-16-12-18-44-22-28)30-24-59-38(45-30)47-39(51)55-23-25-13-9-8-10-14-25/h8-18,22,24,27,31-34,48H,19-21,23H2,1-7H3,(H,46,49)(H,45,47,51)/t27-,31+,32?,33?,34?,42+/m1/s1. The summed E-state index contributed by atoms with van der Waals surface area (Å²) < 4.78 is 60.5. The number of amides is 2. The Morgan fingerprint density at radius 2 is 1.80 bits per heavy atom. The summed E-state index contributed by atoms with van der Waals surface area (Å²) in [5.41, 5.74) is 0.132. The van der Waals surface area contributed by atoms with Crippen molar-refractivity contribution in [3.63, 3.8) is 0 Å². The summed E-state index contributed by atoms with van der Waals surface area (Å²) in [5.74, 6) is -1.39. The van der Waals surface area contributed by atoms with Gasteiger partial charge >= 0.3 is 19.2 Å². The van der Waals surface area contributed by atoms with Crippen molar-refractivity contribution in [3.05, 3.63) is 101 Å². The average molecular weight is 860 g/mol. The van der Waals surface area contributed by atoms with Gasteiger partial charge in [0, 0.05) is 17.8 Å². The first-order chi connectivity index (χ1) is 28.4. The predicted octanol–water partition coefficient (Wildman–Crippen LogP) is 6.27. The largest absolute Gasteiger partial charge is 0.496 e. The number of esters is 1. The lowest BCUT2D eigenvalue weighted by molar-refractivity contribution is -0.199. The Morgan fingerprint density at radius 3 is 2.48 bits per heavy atom. The number of methoxy groups -OCH3 is 1. The highest BCUT2D eigenvalue weighted by Gasteiger charge is 2.68. The number of anilines is 1. The number of hydrogen-bond acceptors (Lipinski definition) is 13. The summed E-state index contributed by atoms with van der Waals surface area (Å²) in [5, 5.41) is 7.14. The maximum absolute atomic E-state index is 14.7. The number of nitrogens with one attached hydrogen (secondary N) is 3. The van der Waals surface area contributed by atoms with Crippen molar-refractivity contribution in [2.45, 2.75) is 102 Å². The molecule has 3 saturated carbocycles. The molecule has 1 aliphatic heterocycles. The van der Waals surface area contributed by atoms with Crippen LogP contribution in [0.25, 0.3) is 0 Å². The average Bonchev–Trinajstić information content (AvgIpc) is 3.82. The van der Waals surface area contributed by atoms with Crippen molar-refractivity contribution >= 4 is 51.6 Å². The highest BCUT2D eigenvalue weighted by atomic mass is 32.2. The lowest BCUT2D eigenvalue weighted by atomic mass is 9.43. The maximum atomic E-state index is 14.7. The number of benzene rings is 2.